The average Bonchev–Trinajstić information content (AvgIpc) is 2.93. The second-order valence-corrected chi connectivity index (χ2v) is 8.22. The van der Waals surface area contributed by atoms with Crippen molar-refractivity contribution in [3.05, 3.63) is 59.7 Å². The molecule has 0 unspecified atom stereocenters. The standard InChI is InChI=1S/C28H38N4O6/c1-5-35-27(33)31-29-21(3)23-11-15-25(16-12-23)37-19-9-7-8-10-20-38-26-17-13-24(14-18-26)22(4)30-32-28(34)36-6-2/h11-18H,5-10,19-20H2,1-4H3,(H,31,33)(H,32,34)/b29-21+,30-22+. The molecule has 2 aromatic rings. The van der Waals surface area contributed by atoms with Crippen molar-refractivity contribution >= 4 is 23.6 Å². The van der Waals surface area contributed by atoms with Gasteiger partial charge in [-0.15, -0.1) is 0 Å². The van der Waals surface area contributed by atoms with Gasteiger partial charge in [0.05, 0.1) is 37.9 Å². The molecule has 2 aromatic carbocycles. The molecule has 0 aliphatic carbocycles. The minimum atomic E-state index is -0.573. The summed E-state index contributed by atoms with van der Waals surface area (Å²) in [5, 5.41) is 8.04. The Hall–Kier alpha value is -4.08. The minimum Gasteiger partial charge on any atom is -0.494 e. The van der Waals surface area contributed by atoms with Crippen LogP contribution in [0, 0.1) is 0 Å². The lowest BCUT2D eigenvalue weighted by atomic mass is 10.1. The van der Waals surface area contributed by atoms with E-state index in [0.29, 0.717) is 37.9 Å². The van der Waals surface area contributed by atoms with Crippen LogP contribution in [0.15, 0.2) is 58.7 Å². The van der Waals surface area contributed by atoms with Crippen LogP contribution in [-0.4, -0.2) is 50.0 Å². The van der Waals surface area contributed by atoms with Crippen LogP contribution in [0.25, 0.3) is 0 Å². The van der Waals surface area contributed by atoms with Crippen molar-refractivity contribution in [3.8, 4) is 11.5 Å². The fraction of sp³-hybridized carbons (Fsp3) is 0.429. The summed E-state index contributed by atoms with van der Waals surface area (Å²) in [5.74, 6) is 1.59. The smallest absolute Gasteiger partial charge is 0.427 e. The van der Waals surface area contributed by atoms with Crippen molar-refractivity contribution in [1.82, 2.24) is 10.9 Å². The quantitative estimate of drug-likeness (QED) is 0.176. The number of hydrogen-bond donors (Lipinski definition) is 2. The third kappa shape index (κ3) is 11.8. The fourth-order valence-electron chi connectivity index (χ4n) is 3.24. The first-order chi connectivity index (χ1) is 18.4. The maximum absolute atomic E-state index is 11.3. The van der Waals surface area contributed by atoms with Crippen molar-refractivity contribution in [2.45, 2.75) is 53.4 Å². The maximum atomic E-state index is 11.3. The molecule has 0 heterocycles. The number of nitrogens with zero attached hydrogens (tertiary/aromatic N) is 2. The molecule has 0 bridgehead atoms. The van der Waals surface area contributed by atoms with E-state index in [9.17, 15) is 9.59 Å². The fourth-order valence-corrected chi connectivity index (χ4v) is 3.24. The third-order valence-corrected chi connectivity index (χ3v) is 5.30. The summed E-state index contributed by atoms with van der Waals surface area (Å²) in [6, 6.07) is 15.2. The topological polar surface area (TPSA) is 120 Å². The van der Waals surface area contributed by atoms with E-state index in [2.05, 4.69) is 21.1 Å². The summed E-state index contributed by atoms with van der Waals surface area (Å²) >= 11 is 0. The second-order valence-electron chi connectivity index (χ2n) is 8.22. The average molecular weight is 527 g/mol. The molecular formula is C28H38N4O6. The van der Waals surface area contributed by atoms with Gasteiger partial charge in [0, 0.05) is 0 Å². The first-order valence-corrected chi connectivity index (χ1v) is 12.8. The molecule has 0 saturated carbocycles. The number of hydrogen-bond acceptors (Lipinski definition) is 8. The van der Waals surface area contributed by atoms with Crippen LogP contribution in [0.4, 0.5) is 9.59 Å². The summed E-state index contributed by atoms with van der Waals surface area (Å²) in [7, 11) is 0. The molecule has 0 fully saturated rings. The van der Waals surface area contributed by atoms with Crippen LogP contribution in [0.5, 0.6) is 11.5 Å². The molecule has 206 valence electrons. The molecule has 10 heteroatoms. The summed E-state index contributed by atoms with van der Waals surface area (Å²) in [6.07, 6.45) is 2.87. The predicted molar refractivity (Wildman–Crippen MR) is 147 cm³/mol. The van der Waals surface area contributed by atoms with Gasteiger partial charge in [0.2, 0.25) is 0 Å². The van der Waals surface area contributed by atoms with E-state index in [1.54, 1.807) is 13.8 Å². The molecule has 10 nitrogen and oxygen atoms in total. The third-order valence-electron chi connectivity index (χ3n) is 5.30. The predicted octanol–water partition coefficient (Wildman–Crippen LogP) is 5.65. The van der Waals surface area contributed by atoms with Gasteiger partial charge in [-0.05, 0) is 113 Å². The van der Waals surface area contributed by atoms with Crippen LogP contribution in [0.3, 0.4) is 0 Å². The van der Waals surface area contributed by atoms with Gasteiger partial charge >= 0.3 is 12.2 Å². The largest absolute Gasteiger partial charge is 0.494 e. The normalized spacial score (nSPS) is 11.5. The Kier molecular flexibility index (Phi) is 13.8. The van der Waals surface area contributed by atoms with Crippen molar-refractivity contribution in [3.63, 3.8) is 0 Å². The first-order valence-electron chi connectivity index (χ1n) is 12.8. The molecule has 2 N–H and O–H groups in total. The van der Waals surface area contributed by atoms with Crippen LogP contribution in [-0.2, 0) is 9.47 Å². The number of rotatable bonds is 15. The van der Waals surface area contributed by atoms with Crippen molar-refractivity contribution in [2.24, 2.45) is 10.2 Å². The van der Waals surface area contributed by atoms with E-state index in [-0.39, 0.29) is 0 Å². The summed E-state index contributed by atoms with van der Waals surface area (Å²) < 4.78 is 21.2. The Morgan fingerprint density at radius 1 is 0.632 bits per heavy atom. The second kappa shape index (κ2) is 17.4. The number of amides is 2. The molecule has 0 atom stereocenters. The van der Waals surface area contributed by atoms with Gasteiger partial charge in [0.1, 0.15) is 11.5 Å². The van der Waals surface area contributed by atoms with E-state index in [1.807, 2.05) is 62.4 Å². The van der Waals surface area contributed by atoms with Gasteiger partial charge in [-0.2, -0.15) is 10.2 Å². The Bertz CT molecular complexity index is 967. The highest BCUT2D eigenvalue weighted by Gasteiger charge is 2.03. The highest BCUT2D eigenvalue weighted by atomic mass is 16.6. The van der Waals surface area contributed by atoms with Gasteiger partial charge < -0.3 is 18.9 Å². The molecule has 0 aliphatic rings. The summed E-state index contributed by atoms with van der Waals surface area (Å²) in [4.78, 5) is 22.6. The summed E-state index contributed by atoms with van der Waals surface area (Å²) in [6.45, 7) is 8.98. The van der Waals surface area contributed by atoms with E-state index in [0.717, 1.165) is 48.3 Å². The molecule has 0 radical (unpaired) electrons. The minimum absolute atomic E-state index is 0.298. The number of nitrogens with one attached hydrogen (secondary N) is 2. The Labute approximate surface area is 224 Å². The van der Waals surface area contributed by atoms with Gasteiger partial charge in [0.25, 0.3) is 0 Å². The number of benzene rings is 2. The highest BCUT2D eigenvalue weighted by Crippen LogP contribution is 2.15. The SMILES string of the molecule is CCOC(=O)N/N=C(\C)c1ccc(OCCCCCCOc2ccc(/C(C)=N/NC(=O)OCC)cc2)cc1. The first kappa shape index (κ1) is 30.1. The van der Waals surface area contributed by atoms with Crippen LogP contribution >= 0.6 is 0 Å². The molecule has 0 aromatic heterocycles. The van der Waals surface area contributed by atoms with E-state index < -0.39 is 12.2 Å². The van der Waals surface area contributed by atoms with Crippen molar-refractivity contribution in [1.29, 1.82) is 0 Å². The van der Waals surface area contributed by atoms with Crippen molar-refractivity contribution in [2.75, 3.05) is 26.4 Å². The number of carbonyl (C=O) groups excluding carboxylic acids is 2. The number of unbranched alkanes of at least 4 members (excludes halogenated alkanes) is 3. The van der Waals surface area contributed by atoms with Gasteiger partial charge in [-0.25, -0.2) is 20.4 Å². The molecule has 0 saturated heterocycles. The molecule has 2 amide bonds. The number of carbonyl (C=O) groups is 2. The zero-order valence-electron chi connectivity index (χ0n) is 22.6. The van der Waals surface area contributed by atoms with Gasteiger partial charge in [-0.3, -0.25) is 0 Å². The summed E-state index contributed by atoms with van der Waals surface area (Å²) in [5.41, 5.74) is 7.83. The molecule has 2 rings (SSSR count). The zero-order valence-corrected chi connectivity index (χ0v) is 22.6. The van der Waals surface area contributed by atoms with E-state index >= 15 is 0 Å². The maximum Gasteiger partial charge on any atom is 0.427 e. The van der Waals surface area contributed by atoms with Crippen LogP contribution in [0.1, 0.15) is 64.5 Å². The molecule has 38 heavy (non-hydrogen) atoms. The molecule has 0 spiro atoms. The molecule has 0 aliphatic heterocycles. The number of hydrazone groups is 2. The monoisotopic (exact) mass is 526 g/mol. The van der Waals surface area contributed by atoms with Crippen LogP contribution in [0.2, 0.25) is 0 Å². The Morgan fingerprint density at radius 3 is 1.34 bits per heavy atom. The van der Waals surface area contributed by atoms with Gasteiger partial charge in [0.15, 0.2) is 0 Å². The highest BCUT2D eigenvalue weighted by molar-refractivity contribution is 5.99. The lowest BCUT2D eigenvalue weighted by molar-refractivity contribution is 0.151. The zero-order chi connectivity index (χ0) is 27.6. The van der Waals surface area contributed by atoms with Crippen LogP contribution < -0.4 is 20.3 Å². The lowest BCUT2D eigenvalue weighted by Crippen LogP contribution is -2.20. The van der Waals surface area contributed by atoms with Gasteiger partial charge in [-0.1, -0.05) is 0 Å². The van der Waals surface area contributed by atoms with E-state index in [1.165, 1.54) is 0 Å². The van der Waals surface area contributed by atoms with E-state index in [4.69, 9.17) is 18.9 Å². The number of ether oxygens (including phenoxy) is 4. The lowest BCUT2D eigenvalue weighted by Gasteiger charge is -2.09. The molecular weight excluding hydrogens is 488 g/mol. The Balaban J connectivity index is 1.58. The Morgan fingerprint density at radius 2 is 1.00 bits per heavy atom. The van der Waals surface area contributed by atoms with Crippen molar-refractivity contribution < 1.29 is 28.5 Å².